The summed E-state index contributed by atoms with van der Waals surface area (Å²) in [6, 6.07) is 7.53. The molecule has 116 valence electrons. The molecule has 0 aliphatic rings. The SMILES string of the molecule is COc1ccccc1CN(C)C(=O)CC(C)(C)CC(=O)O. The quantitative estimate of drug-likeness (QED) is 0.839. The van der Waals surface area contributed by atoms with Crippen LogP contribution in [0.15, 0.2) is 24.3 Å². The Bertz CT molecular complexity index is 511. The first kappa shape index (κ1) is 17.0. The Morgan fingerprint density at radius 2 is 1.86 bits per heavy atom. The third-order valence-corrected chi connectivity index (χ3v) is 3.29. The molecule has 0 saturated heterocycles. The fraction of sp³-hybridized carbons (Fsp3) is 0.500. The molecular weight excluding hydrogens is 270 g/mol. The highest BCUT2D eigenvalue weighted by Gasteiger charge is 2.26. The second-order valence-electron chi connectivity index (χ2n) is 5.97. The van der Waals surface area contributed by atoms with E-state index in [0.717, 1.165) is 11.3 Å². The number of nitrogens with zero attached hydrogens (tertiary/aromatic N) is 1. The number of amides is 1. The molecule has 0 heterocycles. The summed E-state index contributed by atoms with van der Waals surface area (Å²) < 4.78 is 5.26. The number of carboxylic acid groups (broad SMARTS) is 1. The molecule has 1 aromatic carbocycles. The molecule has 1 N–H and O–H groups in total. The van der Waals surface area contributed by atoms with E-state index in [-0.39, 0.29) is 18.7 Å². The lowest BCUT2D eigenvalue weighted by Gasteiger charge is -2.26. The Balaban J connectivity index is 2.69. The van der Waals surface area contributed by atoms with Crippen LogP contribution in [0.25, 0.3) is 0 Å². The number of rotatable bonds is 7. The summed E-state index contributed by atoms with van der Waals surface area (Å²) in [5, 5.41) is 8.86. The van der Waals surface area contributed by atoms with Gasteiger partial charge in [0.05, 0.1) is 13.5 Å². The largest absolute Gasteiger partial charge is 0.496 e. The molecule has 0 radical (unpaired) electrons. The van der Waals surface area contributed by atoms with Gasteiger partial charge in [0.1, 0.15) is 5.75 Å². The Labute approximate surface area is 125 Å². The van der Waals surface area contributed by atoms with Crippen molar-refractivity contribution < 1.29 is 19.4 Å². The molecule has 1 aromatic rings. The van der Waals surface area contributed by atoms with Crippen LogP contribution >= 0.6 is 0 Å². The van der Waals surface area contributed by atoms with E-state index < -0.39 is 11.4 Å². The number of carbonyl (C=O) groups is 2. The first-order valence-electron chi connectivity index (χ1n) is 6.83. The highest BCUT2D eigenvalue weighted by molar-refractivity contribution is 5.78. The first-order chi connectivity index (χ1) is 9.75. The van der Waals surface area contributed by atoms with Crippen molar-refractivity contribution >= 4 is 11.9 Å². The maximum atomic E-state index is 12.2. The van der Waals surface area contributed by atoms with Gasteiger partial charge in [-0.3, -0.25) is 9.59 Å². The number of ether oxygens (including phenoxy) is 1. The molecule has 0 aliphatic carbocycles. The molecule has 0 unspecified atom stereocenters. The lowest BCUT2D eigenvalue weighted by molar-refractivity contribution is -0.140. The van der Waals surface area contributed by atoms with E-state index in [1.165, 1.54) is 0 Å². The van der Waals surface area contributed by atoms with Gasteiger partial charge in [-0.25, -0.2) is 0 Å². The minimum atomic E-state index is -0.889. The molecule has 21 heavy (non-hydrogen) atoms. The Hall–Kier alpha value is -2.04. The van der Waals surface area contributed by atoms with E-state index in [4.69, 9.17) is 9.84 Å². The van der Waals surface area contributed by atoms with Gasteiger partial charge < -0.3 is 14.7 Å². The second kappa shape index (κ2) is 7.11. The van der Waals surface area contributed by atoms with Crippen molar-refractivity contribution in [2.45, 2.75) is 33.2 Å². The molecule has 1 rings (SSSR count). The number of methoxy groups -OCH3 is 1. The van der Waals surface area contributed by atoms with E-state index in [9.17, 15) is 9.59 Å². The van der Waals surface area contributed by atoms with Gasteiger partial charge in [0.2, 0.25) is 5.91 Å². The van der Waals surface area contributed by atoms with Crippen LogP contribution in [0.2, 0.25) is 0 Å². The van der Waals surface area contributed by atoms with Gasteiger partial charge in [0.15, 0.2) is 0 Å². The minimum Gasteiger partial charge on any atom is -0.496 e. The number of carboxylic acids is 1. The van der Waals surface area contributed by atoms with Crippen LogP contribution < -0.4 is 4.74 Å². The Kier molecular flexibility index (Phi) is 5.76. The highest BCUT2D eigenvalue weighted by Crippen LogP contribution is 2.26. The maximum Gasteiger partial charge on any atom is 0.303 e. The van der Waals surface area contributed by atoms with Crippen LogP contribution in [0, 0.1) is 5.41 Å². The summed E-state index contributed by atoms with van der Waals surface area (Å²) in [7, 11) is 3.31. The second-order valence-corrected chi connectivity index (χ2v) is 5.97. The van der Waals surface area contributed by atoms with Crippen molar-refractivity contribution in [3.63, 3.8) is 0 Å². The van der Waals surface area contributed by atoms with Crippen LogP contribution in [0.5, 0.6) is 5.75 Å². The normalized spacial score (nSPS) is 11.0. The summed E-state index contributed by atoms with van der Waals surface area (Å²) in [5.41, 5.74) is 0.365. The van der Waals surface area contributed by atoms with Gasteiger partial charge in [0, 0.05) is 25.6 Å². The van der Waals surface area contributed by atoms with Gasteiger partial charge in [-0.2, -0.15) is 0 Å². The maximum absolute atomic E-state index is 12.2. The number of para-hydroxylation sites is 1. The average Bonchev–Trinajstić information content (AvgIpc) is 2.37. The molecule has 5 nitrogen and oxygen atoms in total. The molecule has 0 saturated carbocycles. The lowest BCUT2D eigenvalue weighted by atomic mass is 9.85. The van der Waals surface area contributed by atoms with E-state index in [1.807, 2.05) is 24.3 Å². The van der Waals surface area contributed by atoms with Crippen molar-refractivity contribution in [1.82, 2.24) is 4.90 Å². The summed E-state index contributed by atoms with van der Waals surface area (Å²) in [5.74, 6) is -0.228. The number of carbonyl (C=O) groups excluding carboxylic acids is 1. The number of hydrogen-bond donors (Lipinski definition) is 1. The summed E-state index contributed by atoms with van der Waals surface area (Å²) in [4.78, 5) is 24.6. The molecule has 0 atom stereocenters. The van der Waals surface area contributed by atoms with Crippen LogP contribution in [0.3, 0.4) is 0 Å². The van der Waals surface area contributed by atoms with E-state index >= 15 is 0 Å². The van der Waals surface area contributed by atoms with Crippen LogP contribution in [0.1, 0.15) is 32.3 Å². The molecule has 0 spiro atoms. The van der Waals surface area contributed by atoms with Crippen LogP contribution in [-0.2, 0) is 16.1 Å². The molecule has 0 aliphatic heterocycles. The number of benzene rings is 1. The van der Waals surface area contributed by atoms with Gasteiger partial charge in [-0.1, -0.05) is 32.0 Å². The average molecular weight is 293 g/mol. The zero-order chi connectivity index (χ0) is 16.0. The van der Waals surface area contributed by atoms with E-state index in [2.05, 4.69) is 0 Å². The molecular formula is C16H23NO4. The van der Waals surface area contributed by atoms with Crippen molar-refractivity contribution in [1.29, 1.82) is 0 Å². The zero-order valence-corrected chi connectivity index (χ0v) is 13.0. The smallest absolute Gasteiger partial charge is 0.303 e. The first-order valence-corrected chi connectivity index (χ1v) is 6.83. The van der Waals surface area contributed by atoms with Crippen molar-refractivity contribution in [2.75, 3.05) is 14.2 Å². The van der Waals surface area contributed by atoms with Gasteiger partial charge in [0.25, 0.3) is 0 Å². The summed E-state index contributed by atoms with van der Waals surface area (Å²) in [6.07, 6.45) is 0.173. The van der Waals surface area contributed by atoms with E-state index in [1.54, 1.807) is 32.9 Å². The molecule has 0 bridgehead atoms. The predicted molar refractivity (Wildman–Crippen MR) is 80.1 cm³/mol. The number of aliphatic carboxylic acids is 1. The highest BCUT2D eigenvalue weighted by atomic mass is 16.5. The van der Waals surface area contributed by atoms with Gasteiger partial charge in [-0.05, 0) is 11.5 Å². The van der Waals surface area contributed by atoms with Crippen molar-refractivity contribution in [3.05, 3.63) is 29.8 Å². The third-order valence-electron chi connectivity index (χ3n) is 3.29. The molecule has 0 fully saturated rings. The molecule has 1 amide bonds. The zero-order valence-electron chi connectivity index (χ0n) is 13.0. The van der Waals surface area contributed by atoms with Gasteiger partial charge >= 0.3 is 5.97 Å². The number of hydrogen-bond acceptors (Lipinski definition) is 3. The molecule has 0 aromatic heterocycles. The standard InChI is InChI=1S/C16H23NO4/c1-16(2,10-15(19)20)9-14(18)17(3)11-12-7-5-6-8-13(12)21-4/h5-8H,9-11H2,1-4H3,(H,19,20). The van der Waals surface area contributed by atoms with Crippen molar-refractivity contribution in [3.8, 4) is 5.75 Å². The lowest BCUT2D eigenvalue weighted by Crippen LogP contribution is -2.31. The fourth-order valence-corrected chi connectivity index (χ4v) is 2.19. The monoisotopic (exact) mass is 293 g/mol. The summed E-state index contributed by atoms with van der Waals surface area (Å²) in [6.45, 7) is 4.01. The predicted octanol–water partition coefficient (Wildman–Crippen LogP) is 2.54. The Morgan fingerprint density at radius 3 is 2.43 bits per heavy atom. The van der Waals surface area contributed by atoms with Gasteiger partial charge in [-0.15, -0.1) is 0 Å². The third kappa shape index (κ3) is 5.45. The minimum absolute atomic E-state index is 0.0265. The topological polar surface area (TPSA) is 66.8 Å². The van der Waals surface area contributed by atoms with Crippen molar-refractivity contribution in [2.24, 2.45) is 5.41 Å². The molecule has 5 heteroatoms. The van der Waals surface area contributed by atoms with Crippen LogP contribution in [0.4, 0.5) is 0 Å². The summed E-state index contributed by atoms with van der Waals surface area (Å²) >= 11 is 0. The Morgan fingerprint density at radius 1 is 1.24 bits per heavy atom. The fourth-order valence-electron chi connectivity index (χ4n) is 2.19. The van der Waals surface area contributed by atoms with Crippen LogP contribution in [-0.4, -0.2) is 36.0 Å². The van der Waals surface area contributed by atoms with E-state index in [0.29, 0.717) is 6.54 Å².